The predicted octanol–water partition coefficient (Wildman–Crippen LogP) is 1.49. The van der Waals surface area contributed by atoms with Gasteiger partial charge in [0.15, 0.2) is 0 Å². The molecule has 22 heavy (non-hydrogen) atoms. The van der Waals surface area contributed by atoms with Crippen LogP contribution in [0, 0.1) is 12.7 Å². The molecule has 5 nitrogen and oxygen atoms in total. The summed E-state index contributed by atoms with van der Waals surface area (Å²) < 4.78 is 46.2. The van der Waals surface area contributed by atoms with E-state index in [2.05, 4.69) is 4.90 Å². The highest BCUT2D eigenvalue weighted by atomic mass is 35.5. The number of rotatable bonds is 2. The number of hydrogen-bond acceptors (Lipinski definition) is 4. The van der Waals surface area contributed by atoms with Gasteiger partial charge < -0.3 is 4.74 Å². The number of nitrogens with zero attached hydrogens (tertiary/aromatic N) is 2. The Morgan fingerprint density at radius 3 is 2.77 bits per heavy atom. The van der Waals surface area contributed by atoms with Crippen LogP contribution in [0.1, 0.15) is 5.56 Å². The standard InChI is InChI=1S/C14H18ClFN2O3S/c1-9-5-14(10(15)6-11(9)16)22(19,20)18-7-12-13(8-18)21-4-3-17(12)2/h5-6,12-13H,3-4,7-8H2,1-2H3/t12-,13+/m0/s1. The molecule has 2 fully saturated rings. The highest BCUT2D eigenvalue weighted by Gasteiger charge is 2.44. The Morgan fingerprint density at radius 2 is 2.09 bits per heavy atom. The van der Waals surface area contributed by atoms with Gasteiger partial charge in [0.05, 0.1) is 23.8 Å². The molecule has 0 amide bonds. The SMILES string of the molecule is Cc1cc(S(=O)(=O)N2C[C@H]3OCCN(C)[C@H]3C2)c(Cl)cc1F. The van der Waals surface area contributed by atoms with Crippen molar-refractivity contribution in [1.29, 1.82) is 0 Å². The Bertz CT molecular complexity index is 698. The summed E-state index contributed by atoms with van der Waals surface area (Å²) in [5.74, 6) is -0.512. The molecular weight excluding hydrogens is 331 g/mol. The van der Waals surface area contributed by atoms with Gasteiger partial charge in [0.1, 0.15) is 10.7 Å². The maximum atomic E-state index is 13.5. The molecule has 0 unspecified atom stereocenters. The van der Waals surface area contributed by atoms with E-state index in [0.717, 1.165) is 12.6 Å². The summed E-state index contributed by atoms with van der Waals surface area (Å²) in [5, 5.41) is -0.0905. The number of sulfonamides is 1. The van der Waals surface area contributed by atoms with Crippen molar-refractivity contribution >= 4 is 21.6 Å². The molecule has 1 aromatic carbocycles. The lowest BCUT2D eigenvalue weighted by atomic mass is 10.1. The first-order chi connectivity index (χ1) is 10.3. The van der Waals surface area contributed by atoms with Crippen LogP contribution in [0.4, 0.5) is 4.39 Å². The average Bonchev–Trinajstić information content (AvgIpc) is 2.89. The van der Waals surface area contributed by atoms with E-state index < -0.39 is 15.8 Å². The molecule has 0 aromatic heterocycles. The van der Waals surface area contributed by atoms with Crippen LogP contribution in [-0.4, -0.2) is 63.1 Å². The summed E-state index contributed by atoms with van der Waals surface area (Å²) in [5.41, 5.74) is 0.257. The molecule has 122 valence electrons. The molecule has 2 aliphatic heterocycles. The van der Waals surface area contributed by atoms with E-state index in [1.165, 1.54) is 17.3 Å². The van der Waals surface area contributed by atoms with Gasteiger partial charge in [0.25, 0.3) is 0 Å². The number of ether oxygens (including phenoxy) is 1. The molecule has 0 spiro atoms. The summed E-state index contributed by atoms with van der Waals surface area (Å²) in [4.78, 5) is 2.07. The number of likely N-dealkylation sites (N-methyl/N-ethyl adjacent to an activating group) is 1. The highest BCUT2D eigenvalue weighted by Crippen LogP contribution is 2.31. The van der Waals surface area contributed by atoms with E-state index in [4.69, 9.17) is 16.3 Å². The minimum absolute atomic E-state index is 0.0452. The fourth-order valence-electron chi connectivity index (χ4n) is 2.99. The summed E-state index contributed by atoms with van der Waals surface area (Å²) in [6.07, 6.45) is -0.131. The maximum Gasteiger partial charge on any atom is 0.244 e. The second kappa shape index (κ2) is 5.72. The first-order valence-corrected chi connectivity index (χ1v) is 8.90. The van der Waals surface area contributed by atoms with Crippen molar-refractivity contribution in [2.24, 2.45) is 0 Å². The van der Waals surface area contributed by atoms with Gasteiger partial charge in [-0.05, 0) is 31.7 Å². The first-order valence-electron chi connectivity index (χ1n) is 7.08. The third kappa shape index (κ3) is 2.65. The number of hydrogen-bond donors (Lipinski definition) is 0. The third-order valence-corrected chi connectivity index (χ3v) is 6.67. The summed E-state index contributed by atoms with van der Waals surface area (Å²) >= 11 is 5.96. The van der Waals surface area contributed by atoms with Crippen LogP contribution in [0.15, 0.2) is 17.0 Å². The Balaban J connectivity index is 1.93. The van der Waals surface area contributed by atoms with Crippen molar-refractivity contribution in [3.05, 3.63) is 28.5 Å². The molecule has 0 N–H and O–H groups in total. The fourth-order valence-corrected chi connectivity index (χ4v) is 5.03. The van der Waals surface area contributed by atoms with Gasteiger partial charge in [-0.15, -0.1) is 0 Å². The molecule has 0 radical (unpaired) electrons. The molecule has 2 saturated heterocycles. The Labute approximate surface area is 134 Å². The van der Waals surface area contributed by atoms with Crippen LogP contribution >= 0.6 is 11.6 Å². The van der Waals surface area contributed by atoms with E-state index in [0.29, 0.717) is 19.7 Å². The second-order valence-corrected chi connectivity index (χ2v) is 8.12. The van der Waals surface area contributed by atoms with Gasteiger partial charge in [-0.25, -0.2) is 12.8 Å². The lowest BCUT2D eigenvalue weighted by Crippen LogP contribution is -2.48. The molecule has 2 heterocycles. The lowest BCUT2D eigenvalue weighted by molar-refractivity contribution is -0.0366. The Kier molecular flexibility index (Phi) is 4.20. The van der Waals surface area contributed by atoms with Crippen LogP contribution in [0.5, 0.6) is 0 Å². The van der Waals surface area contributed by atoms with Crippen molar-refractivity contribution < 1.29 is 17.5 Å². The molecule has 8 heteroatoms. The van der Waals surface area contributed by atoms with Crippen molar-refractivity contribution in [3.63, 3.8) is 0 Å². The zero-order valence-electron chi connectivity index (χ0n) is 12.4. The van der Waals surface area contributed by atoms with Crippen LogP contribution < -0.4 is 0 Å². The number of benzene rings is 1. The van der Waals surface area contributed by atoms with Crippen molar-refractivity contribution in [2.45, 2.75) is 24.0 Å². The van der Waals surface area contributed by atoms with Gasteiger partial charge >= 0.3 is 0 Å². The maximum absolute atomic E-state index is 13.5. The van der Waals surface area contributed by atoms with Gasteiger partial charge in [0.2, 0.25) is 10.0 Å². The molecule has 3 rings (SSSR count). The zero-order valence-corrected chi connectivity index (χ0v) is 14.0. The fraction of sp³-hybridized carbons (Fsp3) is 0.571. The Morgan fingerprint density at radius 1 is 1.36 bits per heavy atom. The normalized spacial score (nSPS) is 27.1. The van der Waals surface area contributed by atoms with E-state index in [-0.39, 0.29) is 27.6 Å². The minimum atomic E-state index is -3.76. The smallest absolute Gasteiger partial charge is 0.244 e. The van der Waals surface area contributed by atoms with Crippen molar-refractivity contribution in [1.82, 2.24) is 9.21 Å². The average molecular weight is 349 g/mol. The van der Waals surface area contributed by atoms with Crippen molar-refractivity contribution in [3.8, 4) is 0 Å². The van der Waals surface area contributed by atoms with E-state index in [9.17, 15) is 12.8 Å². The highest BCUT2D eigenvalue weighted by molar-refractivity contribution is 7.89. The summed E-state index contributed by atoms with van der Waals surface area (Å²) in [6, 6.07) is 2.39. The van der Waals surface area contributed by atoms with Crippen LogP contribution in [0.3, 0.4) is 0 Å². The third-order valence-electron chi connectivity index (χ3n) is 4.38. The van der Waals surface area contributed by atoms with E-state index in [1.807, 2.05) is 7.05 Å². The van der Waals surface area contributed by atoms with Gasteiger partial charge in [-0.3, -0.25) is 4.90 Å². The predicted molar refractivity (Wildman–Crippen MR) is 81.1 cm³/mol. The molecule has 0 aliphatic carbocycles. The van der Waals surface area contributed by atoms with Gasteiger partial charge in [0, 0.05) is 19.6 Å². The number of aryl methyl sites for hydroxylation is 1. The summed E-state index contributed by atoms with van der Waals surface area (Å²) in [6.45, 7) is 3.55. The second-order valence-electron chi connectivity index (χ2n) is 5.81. The summed E-state index contributed by atoms with van der Waals surface area (Å²) in [7, 11) is -1.80. The van der Waals surface area contributed by atoms with E-state index >= 15 is 0 Å². The van der Waals surface area contributed by atoms with Crippen molar-refractivity contribution in [2.75, 3.05) is 33.3 Å². The van der Waals surface area contributed by atoms with Crippen LogP contribution in [0.2, 0.25) is 5.02 Å². The van der Waals surface area contributed by atoms with Crippen LogP contribution in [0.25, 0.3) is 0 Å². The van der Waals surface area contributed by atoms with Gasteiger partial charge in [-0.1, -0.05) is 11.6 Å². The minimum Gasteiger partial charge on any atom is -0.374 e. The largest absolute Gasteiger partial charge is 0.374 e. The monoisotopic (exact) mass is 348 g/mol. The van der Waals surface area contributed by atoms with Crippen LogP contribution in [-0.2, 0) is 14.8 Å². The molecule has 0 bridgehead atoms. The zero-order chi connectivity index (χ0) is 16.1. The van der Waals surface area contributed by atoms with Gasteiger partial charge in [-0.2, -0.15) is 4.31 Å². The Hall–Kier alpha value is -0.730. The number of fused-ring (bicyclic) bond motifs is 1. The molecule has 1 aromatic rings. The molecule has 0 saturated carbocycles. The molecule has 2 aliphatic rings. The first kappa shape index (κ1) is 16.1. The topological polar surface area (TPSA) is 49.9 Å². The quantitative estimate of drug-likeness (QED) is 0.812. The molecular formula is C14H18ClFN2O3S. The lowest BCUT2D eigenvalue weighted by Gasteiger charge is -2.33. The van der Waals surface area contributed by atoms with E-state index in [1.54, 1.807) is 0 Å². The number of morpholine rings is 1. The number of halogens is 2. The molecule has 2 atom stereocenters.